The summed E-state index contributed by atoms with van der Waals surface area (Å²) >= 11 is 5.72. The molecule has 6 nitrogen and oxygen atoms in total. The Bertz CT molecular complexity index is 450. The van der Waals surface area contributed by atoms with Crippen LogP contribution in [-0.2, 0) is 4.79 Å². The first-order valence-electron chi connectivity index (χ1n) is 4.89. The highest BCUT2D eigenvalue weighted by atomic mass is 35.5. The van der Waals surface area contributed by atoms with Gasteiger partial charge in [0.1, 0.15) is 11.7 Å². The van der Waals surface area contributed by atoms with E-state index in [1.165, 1.54) is 18.2 Å². The zero-order valence-electron chi connectivity index (χ0n) is 9.01. The summed E-state index contributed by atoms with van der Waals surface area (Å²) in [6, 6.07) is 3.07. The largest absolute Gasteiger partial charge is 0.480 e. The van der Waals surface area contributed by atoms with Crippen LogP contribution < -0.4 is 5.32 Å². The summed E-state index contributed by atoms with van der Waals surface area (Å²) in [4.78, 5) is 21.0. The van der Waals surface area contributed by atoms with E-state index in [4.69, 9.17) is 16.7 Å². The first-order chi connectivity index (χ1) is 7.95. The number of anilines is 1. The van der Waals surface area contributed by atoms with Gasteiger partial charge in [0, 0.05) is 11.1 Å². The molecular weight excluding hydrogens is 248 g/mol. The summed E-state index contributed by atoms with van der Waals surface area (Å²) in [7, 11) is 0. The lowest BCUT2D eigenvalue weighted by Gasteiger charge is -2.13. The van der Waals surface area contributed by atoms with Gasteiger partial charge in [0.2, 0.25) is 0 Å². The number of rotatable bonds is 5. The Balaban J connectivity index is 3.07. The molecule has 0 aromatic heterocycles. The summed E-state index contributed by atoms with van der Waals surface area (Å²) < 4.78 is 0. The lowest BCUT2D eigenvalue weighted by Crippen LogP contribution is -2.28. The molecule has 0 radical (unpaired) electrons. The number of halogens is 1. The molecule has 1 aromatic rings. The predicted octanol–water partition coefficient (Wildman–Crippen LogP) is 2.52. The quantitative estimate of drug-likeness (QED) is 0.625. The minimum absolute atomic E-state index is 0.108. The Hall–Kier alpha value is -1.82. The van der Waals surface area contributed by atoms with Crippen molar-refractivity contribution in [1.29, 1.82) is 0 Å². The second-order valence-corrected chi connectivity index (χ2v) is 3.80. The van der Waals surface area contributed by atoms with Crippen LogP contribution in [0.1, 0.15) is 13.3 Å². The van der Waals surface area contributed by atoms with E-state index in [0.29, 0.717) is 11.4 Å². The number of nitro groups is 1. The van der Waals surface area contributed by atoms with E-state index in [0.717, 1.165) is 0 Å². The minimum Gasteiger partial charge on any atom is -0.480 e. The second kappa shape index (κ2) is 5.49. The Morgan fingerprint density at radius 1 is 1.65 bits per heavy atom. The van der Waals surface area contributed by atoms with E-state index < -0.39 is 16.9 Å². The van der Waals surface area contributed by atoms with E-state index in [9.17, 15) is 14.9 Å². The van der Waals surface area contributed by atoms with Crippen molar-refractivity contribution in [1.82, 2.24) is 0 Å². The number of hydrogen-bond donors (Lipinski definition) is 2. The highest BCUT2D eigenvalue weighted by molar-refractivity contribution is 6.31. The maximum Gasteiger partial charge on any atom is 0.326 e. The van der Waals surface area contributed by atoms with Gasteiger partial charge in [-0.3, -0.25) is 10.1 Å². The van der Waals surface area contributed by atoms with Crippen molar-refractivity contribution >= 4 is 28.9 Å². The summed E-state index contributed by atoms with van der Waals surface area (Å²) in [5.74, 6) is -1.07. The summed E-state index contributed by atoms with van der Waals surface area (Å²) in [5, 5.41) is 22.5. The van der Waals surface area contributed by atoms with Gasteiger partial charge in [0.05, 0.1) is 4.92 Å². The molecule has 17 heavy (non-hydrogen) atoms. The number of carbonyl (C=O) groups is 1. The van der Waals surface area contributed by atoms with Crippen LogP contribution in [0.4, 0.5) is 11.4 Å². The van der Waals surface area contributed by atoms with E-state index in [1.54, 1.807) is 6.92 Å². The molecule has 0 aliphatic heterocycles. The number of benzene rings is 1. The molecule has 0 amide bonds. The van der Waals surface area contributed by atoms with Crippen LogP contribution in [-0.4, -0.2) is 22.0 Å². The van der Waals surface area contributed by atoms with Gasteiger partial charge < -0.3 is 10.4 Å². The third-order valence-corrected chi connectivity index (χ3v) is 2.43. The SMILES string of the molecule is CCC(Nc1cc(Cl)ccc1[N+](=O)[O-])C(=O)O. The Labute approximate surface area is 102 Å². The molecule has 0 fully saturated rings. The fourth-order valence-electron chi connectivity index (χ4n) is 1.31. The third-order valence-electron chi connectivity index (χ3n) is 2.19. The Morgan fingerprint density at radius 2 is 2.29 bits per heavy atom. The van der Waals surface area contributed by atoms with Gasteiger partial charge in [0.25, 0.3) is 5.69 Å². The van der Waals surface area contributed by atoms with Crippen LogP contribution in [0.25, 0.3) is 0 Å². The minimum atomic E-state index is -1.07. The van der Waals surface area contributed by atoms with Crippen molar-refractivity contribution in [3.8, 4) is 0 Å². The van der Waals surface area contributed by atoms with Crippen LogP contribution in [0.5, 0.6) is 0 Å². The number of aliphatic carboxylic acids is 1. The molecule has 0 aliphatic carbocycles. The number of carboxylic acid groups (broad SMARTS) is 1. The zero-order valence-corrected chi connectivity index (χ0v) is 9.77. The molecule has 1 aromatic carbocycles. The van der Waals surface area contributed by atoms with Gasteiger partial charge in [-0.05, 0) is 18.6 Å². The smallest absolute Gasteiger partial charge is 0.326 e. The molecule has 0 saturated carbocycles. The molecule has 0 aliphatic rings. The van der Waals surface area contributed by atoms with Crippen LogP contribution in [0, 0.1) is 10.1 Å². The van der Waals surface area contributed by atoms with Gasteiger partial charge in [-0.25, -0.2) is 4.79 Å². The monoisotopic (exact) mass is 258 g/mol. The fourth-order valence-corrected chi connectivity index (χ4v) is 1.48. The normalized spacial score (nSPS) is 11.9. The second-order valence-electron chi connectivity index (χ2n) is 3.36. The van der Waals surface area contributed by atoms with Crippen LogP contribution >= 0.6 is 11.6 Å². The van der Waals surface area contributed by atoms with E-state index in [2.05, 4.69) is 5.32 Å². The van der Waals surface area contributed by atoms with E-state index in [1.807, 2.05) is 0 Å². The molecule has 1 unspecified atom stereocenters. The van der Waals surface area contributed by atoms with Crippen molar-refractivity contribution in [2.45, 2.75) is 19.4 Å². The maximum absolute atomic E-state index is 10.8. The highest BCUT2D eigenvalue weighted by Gasteiger charge is 2.20. The van der Waals surface area contributed by atoms with Gasteiger partial charge in [0.15, 0.2) is 0 Å². The first kappa shape index (κ1) is 13.2. The number of nitro benzene ring substituents is 1. The molecule has 1 rings (SSSR count). The lowest BCUT2D eigenvalue weighted by molar-refractivity contribution is -0.384. The number of hydrogen-bond acceptors (Lipinski definition) is 4. The molecule has 0 saturated heterocycles. The fraction of sp³-hybridized carbons (Fsp3) is 0.300. The Kier molecular flexibility index (Phi) is 4.28. The van der Waals surface area contributed by atoms with Gasteiger partial charge >= 0.3 is 5.97 Å². The highest BCUT2D eigenvalue weighted by Crippen LogP contribution is 2.28. The molecule has 0 spiro atoms. The van der Waals surface area contributed by atoms with E-state index >= 15 is 0 Å². The molecule has 7 heteroatoms. The van der Waals surface area contributed by atoms with Crippen molar-refractivity contribution < 1.29 is 14.8 Å². The topological polar surface area (TPSA) is 92.5 Å². The van der Waals surface area contributed by atoms with Crippen molar-refractivity contribution in [3.05, 3.63) is 33.3 Å². The maximum atomic E-state index is 10.8. The number of nitrogens with zero attached hydrogens (tertiary/aromatic N) is 1. The van der Waals surface area contributed by atoms with E-state index in [-0.39, 0.29) is 11.4 Å². The van der Waals surface area contributed by atoms with Crippen LogP contribution in [0.15, 0.2) is 18.2 Å². The van der Waals surface area contributed by atoms with Gasteiger partial charge in [-0.15, -0.1) is 0 Å². The molecule has 2 N–H and O–H groups in total. The molecule has 0 bridgehead atoms. The summed E-state index contributed by atoms with van der Waals surface area (Å²) in [5.41, 5.74) is -0.0918. The summed E-state index contributed by atoms with van der Waals surface area (Å²) in [6.45, 7) is 1.67. The molecule has 1 atom stereocenters. The molecule has 0 heterocycles. The van der Waals surface area contributed by atoms with Crippen molar-refractivity contribution in [2.75, 3.05) is 5.32 Å². The van der Waals surface area contributed by atoms with Crippen LogP contribution in [0.2, 0.25) is 5.02 Å². The lowest BCUT2D eigenvalue weighted by atomic mass is 10.2. The Morgan fingerprint density at radius 3 is 2.76 bits per heavy atom. The average molecular weight is 259 g/mol. The number of nitrogens with one attached hydrogen (secondary N) is 1. The van der Waals surface area contributed by atoms with Gasteiger partial charge in [-0.2, -0.15) is 0 Å². The average Bonchev–Trinajstić information content (AvgIpc) is 2.25. The standard InChI is InChI=1S/C10H11ClN2O4/c1-2-7(10(14)15)12-8-5-6(11)3-4-9(8)13(16)17/h3-5,7,12H,2H2,1H3,(H,14,15). The third kappa shape index (κ3) is 3.32. The van der Waals surface area contributed by atoms with Gasteiger partial charge in [-0.1, -0.05) is 18.5 Å². The van der Waals surface area contributed by atoms with Crippen molar-refractivity contribution in [2.24, 2.45) is 0 Å². The van der Waals surface area contributed by atoms with Crippen LogP contribution in [0.3, 0.4) is 0 Å². The molecule has 92 valence electrons. The zero-order chi connectivity index (χ0) is 13.0. The predicted molar refractivity (Wildman–Crippen MR) is 63.4 cm³/mol. The molecular formula is C10H11ClN2O4. The first-order valence-corrected chi connectivity index (χ1v) is 5.26. The summed E-state index contributed by atoms with van der Waals surface area (Å²) in [6.07, 6.45) is 0.305. The van der Waals surface area contributed by atoms with Crippen molar-refractivity contribution in [3.63, 3.8) is 0 Å². The number of carboxylic acids is 1.